The van der Waals surface area contributed by atoms with Gasteiger partial charge in [-0.1, -0.05) is 0 Å². The van der Waals surface area contributed by atoms with E-state index in [9.17, 15) is 13.2 Å². The molecule has 0 saturated carbocycles. The minimum Gasteiger partial charge on any atom is -0.283 e. The second-order valence-corrected chi connectivity index (χ2v) is 5.01. The van der Waals surface area contributed by atoms with Crippen molar-refractivity contribution in [1.82, 2.24) is 19.7 Å². The van der Waals surface area contributed by atoms with E-state index in [-0.39, 0.29) is 15.9 Å². The maximum atomic E-state index is 13.9. The highest BCUT2D eigenvalue weighted by Crippen LogP contribution is 2.23. The van der Waals surface area contributed by atoms with Crippen molar-refractivity contribution in [1.29, 1.82) is 5.41 Å². The van der Waals surface area contributed by atoms with Crippen molar-refractivity contribution in [2.24, 2.45) is 0 Å². The summed E-state index contributed by atoms with van der Waals surface area (Å²) in [4.78, 5) is 4.01. The maximum Gasteiger partial charge on any atom is 0.187 e. The first kappa shape index (κ1) is 13.8. The molecule has 0 spiro atoms. The SMILES string of the molecule is Cc1[nH]nc2nc(Br)n(-c3c(F)ccc(F)c3F)c(=N)c12. The van der Waals surface area contributed by atoms with Crippen LogP contribution in [0.2, 0.25) is 0 Å². The van der Waals surface area contributed by atoms with Crippen molar-refractivity contribution in [2.75, 3.05) is 0 Å². The molecule has 9 heteroatoms. The van der Waals surface area contributed by atoms with Gasteiger partial charge in [-0.25, -0.2) is 18.2 Å². The minimum atomic E-state index is -1.39. The predicted octanol–water partition coefficient (Wildman–Crippen LogP) is 2.72. The zero-order chi connectivity index (χ0) is 15.3. The fourth-order valence-corrected chi connectivity index (χ4v) is 2.57. The third-order valence-corrected chi connectivity index (χ3v) is 3.55. The molecule has 0 amide bonds. The monoisotopic (exact) mass is 357 g/mol. The molecule has 0 aliphatic carbocycles. The van der Waals surface area contributed by atoms with Gasteiger partial charge in [-0.2, -0.15) is 5.10 Å². The Bertz CT molecular complexity index is 931. The molecule has 108 valence electrons. The third kappa shape index (κ3) is 1.96. The number of benzene rings is 1. The van der Waals surface area contributed by atoms with E-state index in [1.165, 1.54) is 0 Å². The van der Waals surface area contributed by atoms with Crippen molar-refractivity contribution in [3.8, 4) is 5.69 Å². The standard InChI is InChI=1S/C12H7BrF3N5/c1-4-7-10(17)21(12(13)18-11(7)20-19-4)9-6(15)3-2-5(14)8(9)16/h2-3,17H,1H3,(H,19,20). The predicted molar refractivity (Wildman–Crippen MR) is 71.4 cm³/mol. The molecular weight excluding hydrogens is 351 g/mol. The molecule has 0 atom stereocenters. The van der Waals surface area contributed by atoms with Crippen LogP contribution < -0.4 is 5.49 Å². The van der Waals surface area contributed by atoms with Gasteiger partial charge < -0.3 is 0 Å². The quantitative estimate of drug-likeness (QED) is 0.519. The van der Waals surface area contributed by atoms with Crippen LogP contribution in [0.4, 0.5) is 13.2 Å². The number of rotatable bonds is 1. The first-order chi connectivity index (χ1) is 9.91. The summed E-state index contributed by atoms with van der Waals surface area (Å²) in [6.07, 6.45) is 0. The number of aryl methyl sites for hydroxylation is 1. The maximum absolute atomic E-state index is 13.9. The molecule has 21 heavy (non-hydrogen) atoms. The van der Waals surface area contributed by atoms with Crippen LogP contribution in [0.15, 0.2) is 16.9 Å². The van der Waals surface area contributed by atoms with Gasteiger partial charge in [-0.05, 0) is 35.0 Å². The summed E-state index contributed by atoms with van der Waals surface area (Å²) >= 11 is 3.03. The average molecular weight is 358 g/mol. The lowest BCUT2D eigenvalue weighted by Gasteiger charge is -2.12. The van der Waals surface area contributed by atoms with Crippen molar-refractivity contribution >= 4 is 27.0 Å². The van der Waals surface area contributed by atoms with Crippen LogP contribution in [0.1, 0.15) is 5.69 Å². The fourth-order valence-electron chi connectivity index (χ4n) is 2.05. The zero-order valence-corrected chi connectivity index (χ0v) is 12.1. The van der Waals surface area contributed by atoms with Gasteiger partial charge in [-0.3, -0.25) is 15.1 Å². The number of hydrogen-bond donors (Lipinski definition) is 2. The molecule has 2 N–H and O–H groups in total. The Morgan fingerprint density at radius 3 is 2.62 bits per heavy atom. The molecule has 1 aromatic carbocycles. The molecule has 0 aliphatic heterocycles. The topological polar surface area (TPSA) is 70.3 Å². The van der Waals surface area contributed by atoms with Gasteiger partial charge >= 0.3 is 0 Å². The summed E-state index contributed by atoms with van der Waals surface area (Å²) in [6.45, 7) is 1.64. The van der Waals surface area contributed by atoms with Gasteiger partial charge in [0.25, 0.3) is 0 Å². The highest BCUT2D eigenvalue weighted by molar-refractivity contribution is 9.10. The van der Waals surface area contributed by atoms with Crippen LogP contribution >= 0.6 is 15.9 Å². The first-order valence-corrected chi connectivity index (χ1v) is 6.52. The van der Waals surface area contributed by atoms with E-state index in [0.717, 1.165) is 10.6 Å². The average Bonchev–Trinajstić information content (AvgIpc) is 2.79. The highest BCUT2D eigenvalue weighted by Gasteiger charge is 2.21. The number of halogens is 4. The van der Waals surface area contributed by atoms with E-state index in [0.29, 0.717) is 17.1 Å². The summed E-state index contributed by atoms with van der Waals surface area (Å²) in [5.74, 6) is -3.61. The summed E-state index contributed by atoms with van der Waals surface area (Å²) in [5, 5.41) is 14.9. The van der Waals surface area contributed by atoms with Crippen molar-refractivity contribution < 1.29 is 13.2 Å². The summed E-state index contributed by atoms with van der Waals surface area (Å²) in [7, 11) is 0. The van der Waals surface area contributed by atoms with E-state index < -0.39 is 23.1 Å². The number of aromatic nitrogens is 4. The molecule has 0 bridgehead atoms. The molecular formula is C12H7BrF3N5. The van der Waals surface area contributed by atoms with E-state index in [2.05, 4.69) is 31.1 Å². The lowest BCUT2D eigenvalue weighted by molar-refractivity contribution is 0.485. The van der Waals surface area contributed by atoms with E-state index in [1.807, 2.05) is 0 Å². The molecule has 3 aromatic rings. The van der Waals surface area contributed by atoms with Crippen LogP contribution in [0.3, 0.4) is 0 Å². The van der Waals surface area contributed by atoms with E-state index >= 15 is 0 Å². The van der Waals surface area contributed by atoms with Crippen LogP contribution in [-0.4, -0.2) is 19.7 Å². The van der Waals surface area contributed by atoms with Crippen molar-refractivity contribution in [3.05, 3.63) is 45.5 Å². The number of hydrogen-bond acceptors (Lipinski definition) is 3. The lowest BCUT2D eigenvalue weighted by atomic mass is 10.2. The fraction of sp³-hybridized carbons (Fsp3) is 0.0833. The number of H-pyrrole nitrogens is 1. The lowest BCUT2D eigenvalue weighted by Crippen LogP contribution is -2.23. The van der Waals surface area contributed by atoms with Gasteiger partial charge in [0.1, 0.15) is 11.2 Å². The smallest absolute Gasteiger partial charge is 0.187 e. The molecule has 0 saturated heterocycles. The normalized spacial score (nSPS) is 11.3. The molecule has 0 aliphatic rings. The first-order valence-electron chi connectivity index (χ1n) is 5.73. The summed E-state index contributed by atoms with van der Waals surface area (Å²) < 4.78 is 42.0. The second-order valence-electron chi connectivity index (χ2n) is 4.30. The Hall–Kier alpha value is -2.16. The minimum absolute atomic E-state index is 0.0603. The third-order valence-electron chi connectivity index (χ3n) is 3.01. The van der Waals surface area contributed by atoms with Gasteiger partial charge in [0, 0.05) is 5.69 Å². The molecule has 2 aromatic heterocycles. The van der Waals surface area contributed by atoms with E-state index in [1.54, 1.807) is 6.92 Å². The molecule has 3 rings (SSSR count). The number of nitrogens with one attached hydrogen (secondary N) is 2. The largest absolute Gasteiger partial charge is 0.283 e. The number of nitrogens with zero attached hydrogens (tertiary/aromatic N) is 3. The van der Waals surface area contributed by atoms with Gasteiger partial charge in [0.05, 0.1) is 5.39 Å². The molecule has 0 unspecified atom stereocenters. The van der Waals surface area contributed by atoms with Crippen LogP contribution in [0.25, 0.3) is 16.7 Å². The van der Waals surface area contributed by atoms with Crippen LogP contribution in [-0.2, 0) is 0 Å². The summed E-state index contributed by atoms with van der Waals surface area (Å²) in [6, 6.07) is 1.47. The zero-order valence-electron chi connectivity index (χ0n) is 10.5. The number of fused-ring (bicyclic) bond motifs is 1. The number of aromatic amines is 1. The highest BCUT2D eigenvalue weighted by atomic mass is 79.9. The van der Waals surface area contributed by atoms with Gasteiger partial charge in [0.15, 0.2) is 27.8 Å². The van der Waals surface area contributed by atoms with Crippen LogP contribution in [0.5, 0.6) is 0 Å². The van der Waals surface area contributed by atoms with Gasteiger partial charge in [-0.15, -0.1) is 0 Å². The molecule has 0 radical (unpaired) electrons. The molecule has 0 fully saturated rings. The van der Waals surface area contributed by atoms with Crippen molar-refractivity contribution in [3.63, 3.8) is 0 Å². The Balaban J connectivity index is 2.49. The van der Waals surface area contributed by atoms with Gasteiger partial charge in [0.2, 0.25) is 0 Å². The van der Waals surface area contributed by atoms with E-state index in [4.69, 9.17) is 5.41 Å². The molecule has 5 nitrogen and oxygen atoms in total. The Morgan fingerprint density at radius 2 is 1.90 bits per heavy atom. The Kier molecular flexibility index (Phi) is 3.08. The van der Waals surface area contributed by atoms with Crippen LogP contribution in [0, 0.1) is 29.8 Å². The Labute approximate surface area is 124 Å². The second kappa shape index (κ2) is 4.69. The molecule has 2 heterocycles. The van der Waals surface area contributed by atoms with Crippen molar-refractivity contribution in [2.45, 2.75) is 6.92 Å². The Morgan fingerprint density at radius 1 is 1.24 bits per heavy atom. The summed E-state index contributed by atoms with van der Waals surface area (Å²) in [5.41, 5.74) is -0.234.